The van der Waals surface area contributed by atoms with Crippen LogP contribution in [0, 0.1) is 0 Å². The molecule has 0 radical (unpaired) electrons. The number of aliphatic carboxylic acids is 2. The van der Waals surface area contributed by atoms with Gasteiger partial charge in [0.2, 0.25) is 0 Å². The summed E-state index contributed by atoms with van der Waals surface area (Å²) >= 11 is 0. The maximum Gasteiger partial charge on any atom is 0.335 e. The molecular weight excluding hydrogens is 220 g/mol. The Morgan fingerprint density at radius 2 is 1.88 bits per heavy atom. The van der Waals surface area contributed by atoms with Crippen LogP contribution in [0.1, 0.15) is 13.3 Å². The molecule has 0 amide bonds. The molecule has 0 aromatic heterocycles. The minimum atomic E-state index is -1.74. The third-order valence-corrected chi connectivity index (χ3v) is 1.59. The van der Waals surface area contributed by atoms with Crippen molar-refractivity contribution in [2.75, 3.05) is 6.61 Å². The predicted molar refractivity (Wildman–Crippen MR) is 50.6 cm³/mol. The SMILES string of the molecule is C/C(=C\COC(=O)[C@@H](O)CC(=O)O)C(=O)O. The lowest BCUT2D eigenvalue weighted by Crippen LogP contribution is -2.26. The minimum absolute atomic E-state index is 0.0134. The number of carboxylic acids is 2. The fraction of sp³-hybridized carbons (Fsp3) is 0.444. The molecule has 0 unspecified atom stereocenters. The summed E-state index contributed by atoms with van der Waals surface area (Å²) in [5, 5.41) is 25.7. The summed E-state index contributed by atoms with van der Waals surface area (Å²) in [6.07, 6.45) is -1.36. The van der Waals surface area contributed by atoms with Gasteiger partial charge in [-0.1, -0.05) is 0 Å². The molecule has 0 aromatic carbocycles. The number of hydrogen-bond donors (Lipinski definition) is 3. The first-order valence-electron chi connectivity index (χ1n) is 4.31. The van der Waals surface area contributed by atoms with Crippen LogP contribution in [0.25, 0.3) is 0 Å². The summed E-state index contributed by atoms with van der Waals surface area (Å²) in [7, 11) is 0. The van der Waals surface area contributed by atoms with Crippen molar-refractivity contribution in [1.29, 1.82) is 0 Å². The third kappa shape index (κ3) is 5.76. The zero-order chi connectivity index (χ0) is 12.7. The van der Waals surface area contributed by atoms with Crippen LogP contribution in [0.15, 0.2) is 11.6 Å². The maximum atomic E-state index is 10.9. The smallest absolute Gasteiger partial charge is 0.335 e. The highest BCUT2D eigenvalue weighted by molar-refractivity contribution is 5.86. The highest BCUT2D eigenvalue weighted by atomic mass is 16.5. The van der Waals surface area contributed by atoms with Crippen LogP contribution >= 0.6 is 0 Å². The predicted octanol–water partition coefficient (Wildman–Crippen LogP) is -0.604. The number of hydrogen-bond acceptors (Lipinski definition) is 5. The van der Waals surface area contributed by atoms with E-state index < -0.39 is 30.4 Å². The molecule has 1 atom stereocenters. The number of esters is 1. The number of carboxylic acid groups (broad SMARTS) is 2. The Balaban J connectivity index is 4.03. The summed E-state index contributed by atoms with van der Waals surface area (Å²) in [5.74, 6) is -3.58. The lowest BCUT2D eigenvalue weighted by Gasteiger charge is -2.06. The Bertz CT molecular complexity index is 318. The number of aliphatic hydroxyl groups is 1. The van der Waals surface area contributed by atoms with E-state index in [0.29, 0.717) is 0 Å². The lowest BCUT2D eigenvalue weighted by molar-refractivity contribution is -0.157. The number of carbonyl (C=O) groups is 3. The van der Waals surface area contributed by atoms with Gasteiger partial charge in [0.1, 0.15) is 6.61 Å². The van der Waals surface area contributed by atoms with Crippen molar-refractivity contribution in [1.82, 2.24) is 0 Å². The monoisotopic (exact) mass is 232 g/mol. The Morgan fingerprint density at radius 3 is 2.31 bits per heavy atom. The molecule has 0 heterocycles. The van der Waals surface area contributed by atoms with Crippen molar-refractivity contribution in [2.24, 2.45) is 0 Å². The average Bonchev–Trinajstić information content (AvgIpc) is 2.15. The van der Waals surface area contributed by atoms with Crippen molar-refractivity contribution < 1.29 is 34.4 Å². The van der Waals surface area contributed by atoms with E-state index in [-0.39, 0.29) is 12.2 Å². The molecule has 90 valence electrons. The van der Waals surface area contributed by atoms with Crippen LogP contribution in [-0.4, -0.2) is 45.9 Å². The molecule has 0 aliphatic heterocycles. The van der Waals surface area contributed by atoms with Gasteiger partial charge in [-0.05, 0) is 13.0 Å². The van der Waals surface area contributed by atoms with Crippen LogP contribution < -0.4 is 0 Å². The normalized spacial score (nSPS) is 13.0. The number of carbonyl (C=O) groups excluding carboxylic acids is 1. The Labute approximate surface area is 90.9 Å². The highest BCUT2D eigenvalue weighted by Gasteiger charge is 2.19. The minimum Gasteiger partial charge on any atom is -0.481 e. The van der Waals surface area contributed by atoms with Crippen molar-refractivity contribution in [2.45, 2.75) is 19.4 Å². The second-order valence-corrected chi connectivity index (χ2v) is 2.94. The lowest BCUT2D eigenvalue weighted by atomic mass is 10.2. The Hall–Kier alpha value is -1.89. The molecule has 0 saturated carbocycles. The molecule has 3 N–H and O–H groups in total. The van der Waals surface area contributed by atoms with Crippen LogP contribution in [0.4, 0.5) is 0 Å². The zero-order valence-electron chi connectivity index (χ0n) is 8.54. The largest absolute Gasteiger partial charge is 0.481 e. The molecule has 0 rings (SSSR count). The molecule has 7 heteroatoms. The van der Waals surface area contributed by atoms with Gasteiger partial charge in [-0.15, -0.1) is 0 Å². The molecule has 0 aliphatic carbocycles. The summed E-state index contributed by atoms with van der Waals surface area (Å²) < 4.78 is 4.43. The molecule has 0 bridgehead atoms. The van der Waals surface area contributed by atoms with Gasteiger partial charge in [-0.25, -0.2) is 9.59 Å². The van der Waals surface area contributed by atoms with Crippen LogP contribution in [0.3, 0.4) is 0 Å². The second-order valence-electron chi connectivity index (χ2n) is 2.94. The zero-order valence-corrected chi connectivity index (χ0v) is 8.54. The molecule has 0 fully saturated rings. The first-order valence-corrected chi connectivity index (χ1v) is 4.31. The first kappa shape index (κ1) is 14.1. The van der Waals surface area contributed by atoms with Gasteiger partial charge in [0.15, 0.2) is 6.10 Å². The van der Waals surface area contributed by atoms with E-state index in [4.69, 9.17) is 15.3 Å². The summed E-state index contributed by atoms with van der Waals surface area (Å²) in [5.41, 5.74) is -0.0134. The molecule has 16 heavy (non-hydrogen) atoms. The fourth-order valence-electron chi connectivity index (χ4n) is 0.681. The van der Waals surface area contributed by atoms with E-state index in [1.54, 1.807) is 0 Å². The average molecular weight is 232 g/mol. The standard InChI is InChI=1S/C9H12O7/c1-5(8(13)14)2-3-16-9(15)6(10)4-7(11)12/h2,6,10H,3-4H2,1H3,(H,11,12)(H,13,14)/b5-2+/t6-/m0/s1. The third-order valence-electron chi connectivity index (χ3n) is 1.59. The van der Waals surface area contributed by atoms with Crippen LogP contribution in [0.5, 0.6) is 0 Å². The Kier molecular flexibility index (Phi) is 5.79. The van der Waals surface area contributed by atoms with Gasteiger partial charge >= 0.3 is 17.9 Å². The molecular formula is C9H12O7. The van der Waals surface area contributed by atoms with E-state index in [2.05, 4.69) is 4.74 Å². The number of ether oxygens (including phenoxy) is 1. The van der Waals surface area contributed by atoms with Gasteiger partial charge < -0.3 is 20.1 Å². The van der Waals surface area contributed by atoms with Crippen LogP contribution in [0.2, 0.25) is 0 Å². The van der Waals surface area contributed by atoms with E-state index in [0.717, 1.165) is 6.08 Å². The van der Waals surface area contributed by atoms with Crippen molar-refractivity contribution in [3.63, 3.8) is 0 Å². The van der Waals surface area contributed by atoms with E-state index in [1.807, 2.05) is 0 Å². The van der Waals surface area contributed by atoms with E-state index in [1.165, 1.54) is 6.92 Å². The molecule has 0 spiro atoms. The van der Waals surface area contributed by atoms with E-state index >= 15 is 0 Å². The summed E-state index contributed by atoms with van der Waals surface area (Å²) in [6, 6.07) is 0. The quantitative estimate of drug-likeness (QED) is 0.412. The van der Waals surface area contributed by atoms with Gasteiger partial charge in [-0.3, -0.25) is 4.79 Å². The van der Waals surface area contributed by atoms with Crippen molar-refractivity contribution in [3.8, 4) is 0 Å². The van der Waals surface area contributed by atoms with Gasteiger partial charge in [0.25, 0.3) is 0 Å². The number of rotatable bonds is 6. The van der Waals surface area contributed by atoms with Crippen LogP contribution in [-0.2, 0) is 19.1 Å². The van der Waals surface area contributed by atoms with E-state index in [9.17, 15) is 14.4 Å². The topological polar surface area (TPSA) is 121 Å². The summed E-state index contributed by atoms with van der Waals surface area (Å²) in [6.45, 7) is 0.984. The first-order chi connectivity index (χ1) is 7.34. The fourth-order valence-corrected chi connectivity index (χ4v) is 0.681. The maximum absolute atomic E-state index is 10.9. The molecule has 0 saturated heterocycles. The van der Waals surface area contributed by atoms with Gasteiger partial charge in [0, 0.05) is 5.57 Å². The molecule has 0 aliphatic rings. The van der Waals surface area contributed by atoms with Gasteiger partial charge in [-0.2, -0.15) is 0 Å². The van der Waals surface area contributed by atoms with Gasteiger partial charge in [0.05, 0.1) is 6.42 Å². The molecule has 0 aromatic rings. The summed E-state index contributed by atoms with van der Waals surface area (Å²) in [4.78, 5) is 31.4. The Morgan fingerprint density at radius 1 is 1.31 bits per heavy atom. The van der Waals surface area contributed by atoms with Crippen molar-refractivity contribution >= 4 is 17.9 Å². The molecule has 7 nitrogen and oxygen atoms in total. The number of aliphatic hydroxyl groups excluding tert-OH is 1. The second kappa shape index (κ2) is 6.57. The van der Waals surface area contributed by atoms with Crippen molar-refractivity contribution in [3.05, 3.63) is 11.6 Å². The highest BCUT2D eigenvalue weighted by Crippen LogP contribution is 1.97.